The van der Waals surface area contributed by atoms with Gasteiger partial charge in [0.25, 0.3) is 5.91 Å². The molecule has 1 aromatic carbocycles. The number of aryl methyl sites for hydroxylation is 2. The predicted octanol–water partition coefficient (Wildman–Crippen LogP) is 3.77. The van der Waals surface area contributed by atoms with Crippen molar-refractivity contribution in [3.8, 4) is 0 Å². The van der Waals surface area contributed by atoms with Crippen LogP contribution in [-0.2, 0) is 0 Å². The number of anilines is 1. The molecule has 0 saturated carbocycles. The lowest BCUT2D eigenvalue weighted by Gasteiger charge is -2.07. The third-order valence-corrected chi connectivity index (χ3v) is 3.94. The van der Waals surface area contributed by atoms with E-state index in [4.69, 9.17) is 0 Å². The maximum Gasteiger partial charge on any atom is 0.267 e. The molecule has 0 unspecified atom stereocenters. The van der Waals surface area contributed by atoms with Crippen LogP contribution >= 0.6 is 27.3 Å². The maximum absolute atomic E-state index is 12.0. The quantitative estimate of drug-likeness (QED) is 0.917. The average Bonchev–Trinajstić information content (AvgIpc) is 2.70. The molecule has 0 radical (unpaired) electrons. The van der Waals surface area contributed by atoms with Gasteiger partial charge in [-0.3, -0.25) is 4.79 Å². The molecule has 2 aromatic rings. The molecule has 0 aliphatic rings. The fraction of sp³-hybridized carbons (Fsp3) is 0.167. The van der Waals surface area contributed by atoms with Crippen LogP contribution in [0.2, 0.25) is 0 Å². The molecule has 1 amide bonds. The number of nitrogens with one attached hydrogen (secondary N) is 1. The molecule has 0 spiro atoms. The van der Waals surface area contributed by atoms with Gasteiger partial charge in [-0.2, -0.15) is 0 Å². The summed E-state index contributed by atoms with van der Waals surface area (Å²) < 4.78 is 0.874. The van der Waals surface area contributed by atoms with Crippen molar-refractivity contribution < 1.29 is 4.79 Å². The lowest BCUT2D eigenvalue weighted by Crippen LogP contribution is -2.12. The zero-order chi connectivity index (χ0) is 12.4. The Morgan fingerprint density at radius 3 is 2.82 bits per heavy atom. The van der Waals surface area contributed by atoms with Gasteiger partial charge in [0.15, 0.2) is 0 Å². The van der Waals surface area contributed by atoms with Gasteiger partial charge in [0.05, 0.1) is 16.9 Å². The van der Waals surface area contributed by atoms with Crippen molar-refractivity contribution >= 4 is 38.9 Å². The minimum Gasteiger partial charge on any atom is -0.320 e. The predicted molar refractivity (Wildman–Crippen MR) is 73.7 cm³/mol. The summed E-state index contributed by atoms with van der Waals surface area (Å²) in [6.07, 6.45) is 0. The number of hydrogen-bond acceptors (Lipinski definition) is 3. The van der Waals surface area contributed by atoms with Gasteiger partial charge in [0, 0.05) is 4.47 Å². The number of benzene rings is 1. The number of carbonyl (C=O) groups is 1. The monoisotopic (exact) mass is 310 g/mol. The molecule has 0 bridgehead atoms. The van der Waals surface area contributed by atoms with Gasteiger partial charge in [-0.05, 0) is 47.5 Å². The van der Waals surface area contributed by atoms with Gasteiger partial charge >= 0.3 is 0 Å². The van der Waals surface area contributed by atoms with E-state index in [9.17, 15) is 4.79 Å². The van der Waals surface area contributed by atoms with Crippen molar-refractivity contribution in [2.24, 2.45) is 0 Å². The van der Waals surface area contributed by atoms with Crippen LogP contribution in [0.15, 0.2) is 28.2 Å². The van der Waals surface area contributed by atoms with Crippen LogP contribution in [-0.4, -0.2) is 10.9 Å². The Labute approximate surface area is 112 Å². The molecule has 1 heterocycles. The van der Waals surface area contributed by atoms with E-state index >= 15 is 0 Å². The molecule has 1 aromatic heterocycles. The van der Waals surface area contributed by atoms with Crippen LogP contribution in [0, 0.1) is 13.8 Å². The Morgan fingerprint density at radius 1 is 1.41 bits per heavy atom. The molecule has 2 rings (SSSR count). The summed E-state index contributed by atoms with van der Waals surface area (Å²) in [5.41, 5.74) is 4.32. The lowest BCUT2D eigenvalue weighted by molar-refractivity contribution is 0.103. The Hall–Kier alpha value is -1.20. The standard InChI is InChI=1S/C12H11BrN2OS/c1-7-3-4-9(13)10(5-7)15-12(16)11-8(2)14-6-17-11/h3-6H,1-2H3,(H,15,16). The highest BCUT2D eigenvalue weighted by Crippen LogP contribution is 2.24. The number of thiazole rings is 1. The van der Waals surface area contributed by atoms with Crippen LogP contribution in [0.3, 0.4) is 0 Å². The molecule has 3 nitrogen and oxygen atoms in total. The molecule has 0 aliphatic heterocycles. The Kier molecular flexibility index (Phi) is 3.59. The largest absolute Gasteiger partial charge is 0.320 e. The minimum absolute atomic E-state index is 0.115. The zero-order valence-corrected chi connectivity index (χ0v) is 11.9. The van der Waals surface area contributed by atoms with Crippen LogP contribution < -0.4 is 5.32 Å². The zero-order valence-electron chi connectivity index (χ0n) is 9.45. The number of nitrogens with zero attached hydrogens (tertiary/aromatic N) is 1. The van der Waals surface area contributed by atoms with Gasteiger partial charge < -0.3 is 5.32 Å². The fourth-order valence-corrected chi connectivity index (χ4v) is 2.48. The molecule has 0 fully saturated rings. The topological polar surface area (TPSA) is 42.0 Å². The normalized spacial score (nSPS) is 10.3. The summed E-state index contributed by atoms with van der Waals surface area (Å²) >= 11 is 4.76. The highest BCUT2D eigenvalue weighted by Gasteiger charge is 2.13. The number of aromatic nitrogens is 1. The molecule has 0 aliphatic carbocycles. The summed E-state index contributed by atoms with van der Waals surface area (Å²) in [6, 6.07) is 5.83. The van der Waals surface area contributed by atoms with Crippen LogP contribution in [0.1, 0.15) is 20.9 Å². The summed E-state index contributed by atoms with van der Waals surface area (Å²) in [6.45, 7) is 3.82. The van der Waals surface area contributed by atoms with Crippen molar-refractivity contribution in [3.05, 3.63) is 44.3 Å². The van der Waals surface area contributed by atoms with E-state index in [1.807, 2.05) is 32.0 Å². The first-order chi connectivity index (χ1) is 8.08. The van der Waals surface area contributed by atoms with Crippen molar-refractivity contribution in [2.45, 2.75) is 13.8 Å². The first-order valence-corrected chi connectivity index (χ1v) is 6.73. The fourth-order valence-electron chi connectivity index (χ4n) is 1.43. The molecule has 5 heteroatoms. The van der Waals surface area contributed by atoms with Gasteiger partial charge in [-0.15, -0.1) is 11.3 Å². The van der Waals surface area contributed by atoms with Gasteiger partial charge in [-0.25, -0.2) is 4.98 Å². The second-order valence-electron chi connectivity index (χ2n) is 3.70. The third-order valence-electron chi connectivity index (χ3n) is 2.32. The molecular weight excluding hydrogens is 300 g/mol. The molecule has 1 N–H and O–H groups in total. The Bertz CT molecular complexity index is 565. The Morgan fingerprint density at radius 2 is 2.18 bits per heavy atom. The summed E-state index contributed by atoms with van der Waals surface area (Å²) in [7, 11) is 0. The molecular formula is C12H11BrN2OS. The first kappa shape index (κ1) is 12.3. The number of rotatable bonds is 2. The number of halogens is 1. The summed E-state index contributed by atoms with van der Waals surface area (Å²) in [4.78, 5) is 16.7. The maximum atomic E-state index is 12.0. The Balaban J connectivity index is 2.24. The smallest absolute Gasteiger partial charge is 0.267 e. The average molecular weight is 311 g/mol. The van der Waals surface area contributed by atoms with Crippen LogP contribution in [0.4, 0.5) is 5.69 Å². The molecule has 0 saturated heterocycles. The van der Waals surface area contributed by atoms with Gasteiger partial charge in [0.1, 0.15) is 4.88 Å². The number of hydrogen-bond donors (Lipinski definition) is 1. The second-order valence-corrected chi connectivity index (χ2v) is 5.41. The van der Waals surface area contributed by atoms with Crippen molar-refractivity contribution in [1.82, 2.24) is 4.98 Å². The van der Waals surface area contributed by atoms with Crippen molar-refractivity contribution in [2.75, 3.05) is 5.32 Å². The third kappa shape index (κ3) is 2.73. The van der Waals surface area contributed by atoms with Crippen LogP contribution in [0.25, 0.3) is 0 Å². The van der Waals surface area contributed by atoms with E-state index in [1.165, 1.54) is 11.3 Å². The van der Waals surface area contributed by atoms with E-state index in [0.717, 1.165) is 21.4 Å². The van der Waals surface area contributed by atoms with E-state index in [1.54, 1.807) is 5.51 Å². The second kappa shape index (κ2) is 4.98. The molecule has 17 heavy (non-hydrogen) atoms. The highest BCUT2D eigenvalue weighted by molar-refractivity contribution is 9.10. The number of amides is 1. The minimum atomic E-state index is -0.115. The van der Waals surface area contributed by atoms with Gasteiger partial charge in [0.2, 0.25) is 0 Å². The molecule has 88 valence electrons. The summed E-state index contributed by atoms with van der Waals surface area (Å²) in [5, 5.41) is 2.88. The van der Waals surface area contributed by atoms with E-state index in [0.29, 0.717) is 4.88 Å². The highest BCUT2D eigenvalue weighted by atomic mass is 79.9. The van der Waals surface area contributed by atoms with Crippen molar-refractivity contribution in [1.29, 1.82) is 0 Å². The van der Waals surface area contributed by atoms with Crippen molar-refractivity contribution in [3.63, 3.8) is 0 Å². The van der Waals surface area contributed by atoms with E-state index in [2.05, 4.69) is 26.2 Å². The van der Waals surface area contributed by atoms with E-state index in [-0.39, 0.29) is 5.91 Å². The summed E-state index contributed by atoms with van der Waals surface area (Å²) in [5.74, 6) is -0.115. The first-order valence-electron chi connectivity index (χ1n) is 5.05. The van der Waals surface area contributed by atoms with Gasteiger partial charge in [-0.1, -0.05) is 6.07 Å². The SMILES string of the molecule is Cc1ccc(Br)c(NC(=O)c2scnc2C)c1. The molecule has 0 atom stereocenters. The van der Waals surface area contributed by atoms with Crippen LogP contribution in [0.5, 0.6) is 0 Å². The number of carbonyl (C=O) groups excluding carboxylic acids is 1. The van der Waals surface area contributed by atoms with E-state index < -0.39 is 0 Å². The lowest BCUT2D eigenvalue weighted by atomic mass is 10.2.